The van der Waals surface area contributed by atoms with Crippen LogP contribution in [-0.2, 0) is 0 Å². The molecule has 3 nitrogen and oxygen atoms in total. The summed E-state index contributed by atoms with van der Waals surface area (Å²) in [7, 11) is 0. The molecule has 0 aromatic carbocycles. The van der Waals surface area contributed by atoms with E-state index in [1.165, 1.54) is 19.3 Å². The lowest BCUT2D eigenvalue weighted by molar-refractivity contribution is 0.305. The van der Waals surface area contributed by atoms with Gasteiger partial charge in [-0.15, -0.1) is 12.4 Å². The number of rotatable bonds is 1. The van der Waals surface area contributed by atoms with E-state index < -0.39 is 0 Å². The van der Waals surface area contributed by atoms with Gasteiger partial charge in [-0.2, -0.15) is 0 Å². The smallest absolute Gasteiger partial charge is 0.153 e. The van der Waals surface area contributed by atoms with Crippen LogP contribution in [-0.4, -0.2) is 11.7 Å². The largest absolute Gasteiger partial charge is 0.360 e. The summed E-state index contributed by atoms with van der Waals surface area (Å²) in [6.45, 7) is 1.10. The second-order valence-electron chi connectivity index (χ2n) is 2.92. The third kappa shape index (κ3) is 1.99. The Labute approximate surface area is 77.9 Å². The maximum Gasteiger partial charge on any atom is 0.153 e. The van der Waals surface area contributed by atoms with Crippen LogP contribution < -0.4 is 5.32 Å². The van der Waals surface area contributed by atoms with Crippen molar-refractivity contribution in [3.63, 3.8) is 0 Å². The van der Waals surface area contributed by atoms with Crippen molar-refractivity contribution in [3.8, 4) is 0 Å². The Morgan fingerprint density at radius 1 is 1.50 bits per heavy atom. The summed E-state index contributed by atoms with van der Waals surface area (Å²) in [4.78, 5) is 0. The molecule has 12 heavy (non-hydrogen) atoms. The van der Waals surface area contributed by atoms with Gasteiger partial charge in [0.25, 0.3) is 0 Å². The molecule has 2 rings (SSSR count). The molecule has 0 unspecified atom stereocenters. The van der Waals surface area contributed by atoms with Gasteiger partial charge >= 0.3 is 0 Å². The van der Waals surface area contributed by atoms with E-state index in [2.05, 4.69) is 10.5 Å². The summed E-state index contributed by atoms with van der Waals surface area (Å²) < 4.78 is 5.06. The minimum absolute atomic E-state index is 0. The summed E-state index contributed by atoms with van der Waals surface area (Å²) in [5.74, 6) is 0.977. The second-order valence-corrected chi connectivity index (χ2v) is 2.92. The molecule has 0 amide bonds. The minimum atomic E-state index is 0. The molecule has 0 saturated carbocycles. The maximum atomic E-state index is 5.06. The van der Waals surface area contributed by atoms with Gasteiger partial charge in [0.1, 0.15) is 0 Å². The molecule has 4 heteroatoms. The molecule has 0 radical (unpaired) electrons. The van der Waals surface area contributed by atoms with Gasteiger partial charge in [0, 0.05) is 6.07 Å². The molecule has 0 spiro atoms. The predicted octanol–water partition coefficient (Wildman–Crippen LogP) is 1.91. The van der Waals surface area contributed by atoms with Crippen LogP contribution in [0.2, 0.25) is 0 Å². The molecule has 1 aromatic heterocycles. The van der Waals surface area contributed by atoms with Crippen LogP contribution in [0.5, 0.6) is 0 Å². The molecule has 0 bridgehead atoms. The molecule has 1 fully saturated rings. The highest BCUT2D eigenvalue weighted by Crippen LogP contribution is 2.21. The fourth-order valence-corrected chi connectivity index (χ4v) is 1.50. The zero-order valence-electron chi connectivity index (χ0n) is 6.82. The van der Waals surface area contributed by atoms with E-state index in [0.717, 1.165) is 12.3 Å². The van der Waals surface area contributed by atoms with Crippen molar-refractivity contribution >= 4 is 12.4 Å². The van der Waals surface area contributed by atoms with Crippen molar-refractivity contribution in [2.45, 2.75) is 25.3 Å². The van der Waals surface area contributed by atoms with Crippen LogP contribution in [0.15, 0.2) is 16.8 Å². The number of piperidine rings is 1. The summed E-state index contributed by atoms with van der Waals surface area (Å²) in [6.07, 6.45) is 5.45. The number of hydrogen-bond acceptors (Lipinski definition) is 3. The van der Waals surface area contributed by atoms with Gasteiger partial charge in [-0.3, -0.25) is 0 Å². The lowest BCUT2D eigenvalue weighted by Crippen LogP contribution is -2.26. The molecule has 1 atom stereocenters. The Morgan fingerprint density at radius 3 is 3.00 bits per heavy atom. The molecular weight excluding hydrogens is 176 g/mol. The molecule has 1 aliphatic rings. The summed E-state index contributed by atoms with van der Waals surface area (Å²) in [5, 5.41) is 7.07. The van der Waals surface area contributed by atoms with E-state index in [1.807, 2.05) is 6.07 Å². The monoisotopic (exact) mass is 188 g/mol. The highest BCUT2D eigenvalue weighted by molar-refractivity contribution is 5.85. The van der Waals surface area contributed by atoms with E-state index in [9.17, 15) is 0 Å². The second kappa shape index (κ2) is 4.48. The van der Waals surface area contributed by atoms with E-state index in [1.54, 1.807) is 6.20 Å². The summed E-state index contributed by atoms with van der Waals surface area (Å²) >= 11 is 0. The SMILES string of the molecule is Cl.c1cc([C@@H]2CCCCN2)on1. The summed E-state index contributed by atoms with van der Waals surface area (Å²) in [6, 6.07) is 2.34. The number of nitrogens with one attached hydrogen (secondary N) is 1. The number of halogens is 1. The fraction of sp³-hybridized carbons (Fsp3) is 0.625. The first-order chi connectivity index (χ1) is 5.47. The van der Waals surface area contributed by atoms with Gasteiger partial charge in [0.15, 0.2) is 5.76 Å². The van der Waals surface area contributed by atoms with Crippen LogP contribution in [0.25, 0.3) is 0 Å². The molecule has 1 aromatic rings. The lowest BCUT2D eigenvalue weighted by atomic mass is 10.0. The molecule has 1 saturated heterocycles. The van der Waals surface area contributed by atoms with Crippen molar-refractivity contribution < 1.29 is 4.52 Å². The van der Waals surface area contributed by atoms with Crippen molar-refractivity contribution in [2.24, 2.45) is 0 Å². The van der Waals surface area contributed by atoms with Gasteiger partial charge in [-0.1, -0.05) is 11.6 Å². The van der Waals surface area contributed by atoms with E-state index in [-0.39, 0.29) is 12.4 Å². The lowest BCUT2D eigenvalue weighted by Gasteiger charge is -2.20. The van der Waals surface area contributed by atoms with Crippen LogP contribution in [0.3, 0.4) is 0 Å². The normalized spacial score (nSPS) is 23.2. The first kappa shape index (κ1) is 9.55. The number of aromatic nitrogens is 1. The average molecular weight is 189 g/mol. The molecule has 1 aliphatic heterocycles. The minimum Gasteiger partial charge on any atom is -0.360 e. The Hall–Kier alpha value is -0.540. The van der Waals surface area contributed by atoms with Gasteiger partial charge in [0.05, 0.1) is 12.2 Å². The zero-order valence-corrected chi connectivity index (χ0v) is 7.64. The van der Waals surface area contributed by atoms with Gasteiger partial charge in [0.2, 0.25) is 0 Å². The summed E-state index contributed by atoms with van der Waals surface area (Å²) in [5.41, 5.74) is 0. The topological polar surface area (TPSA) is 38.1 Å². The standard InChI is InChI=1S/C8H12N2O.ClH/c1-2-5-9-7(3-1)8-4-6-10-11-8;/h4,6-7,9H,1-3,5H2;1H/t7-;/m0./s1. The molecule has 68 valence electrons. The van der Waals surface area contributed by atoms with Crippen molar-refractivity contribution in [2.75, 3.05) is 6.54 Å². The number of nitrogens with zero attached hydrogens (tertiary/aromatic N) is 1. The third-order valence-corrected chi connectivity index (χ3v) is 2.11. The van der Waals surface area contributed by atoms with E-state index in [4.69, 9.17) is 4.52 Å². The molecular formula is C8H13ClN2O. The van der Waals surface area contributed by atoms with Crippen molar-refractivity contribution in [1.29, 1.82) is 0 Å². The van der Waals surface area contributed by atoms with Crippen molar-refractivity contribution in [3.05, 3.63) is 18.0 Å². The highest BCUT2D eigenvalue weighted by atomic mass is 35.5. The van der Waals surface area contributed by atoms with Crippen LogP contribution >= 0.6 is 12.4 Å². The first-order valence-corrected chi connectivity index (χ1v) is 4.11. The predicted molar refractivity (Wildman–Crippen MR) is 48.3 cm³/mol. The zero-order chi connectivity index (χ0) is 7.52. The Kier molecular flexibility index (Phi) is 3.56. The van der Waals surface area contributed by atoms with Gasteiger partial charge in [-0.05, 0) is 19.4 Å². The highest BCUT2D eigenvalue weighted by Gasteiger charge is 2.16. The van der Waals surface area contributed by atoms with Crippen LogP contribution in [0, 0.1) is 0 Å². The first-order valence-electron chi connectivity index (χ1n) is 4.11. The quantitative estimate of drug-likeness (QED) is 0.732. The number of hydrogen-bond donors (Lipinski definition) is 1. The van der Waals surface area contributed by atoms with E-state index in [0.29, 0.717) is 6.04 Å². The molecule has 1 N–H and O–H groups in total. The average Bonchev–Trinajstić information content (AvgIpc) is 2.58. The van der Waals surface area contributed by atoms with Crippen LogP contribution in [0.1, 0.15) is 31.1 Å². The maximum absolute atomic E-state index is 5.06. The Morgan fingerprint density at radius 2 is 2.42 bits per heavy atom. The van der Waals surface area contributed by atoms with E-state index >= 15 is 0 Å². The third-order valence-electron chi connectivity index (χ3n) is 2.11. The van der Waals surface area contributed by atoms with Gasteiger partial charge in [-0.25, -0.2) is 0 Å². The van der Waals surface area contributed by atoms with Gasteiger partial charge < -0.3 is 9.84 Å². The molecule has 2 heterocycles. The Bertz CT molecular complexity index is 207. The fourth-order valence-electron chi connectivity index (χ4n) is 1.50. The van der Waals surface area contributed by atoms with Crippen LogP contribution in [0.4, 0.5) is 0 Å². The van der Waals surface area contributed by atoms with Crippen molar-refractivity contribution in [1.82, 2.24) is 10.5 Å². The molecule has 0 aliphatic carbocycles. The Balaban J connectivity index is 0.000000720.